The summed E-state index contributed by atoms with van der Waals surface area (Å²) in [6, 6.07) is 0. The molecule has 0 saturated carbocycles. The zero-order valence-electron chi connectivity index (χ0n) is 4.06. The molecule has 0 bridgehead atoms. The molecule has 1 heterocycles. The van der Waals surface area contributed by atoms with Gasteiger partial charge in [-0.1, -0.05) is 15.9 Å². The molecule has 1 aliphatic rings. The lowest BCUT2D eigenvalue weighted by Crippen LogP contribution is -1.57. The molecule has 0 spiro atoms. The first-order valence-electron chi connectivity index (χ1n) is 2.06. The van der Waals surface area contributed by atoms with Crippen LogP contribution in [0.5, 0.6) is 0 Å². The van der Waals surface area contributed by atoms with Crippen LogP contribution in [0.1, 0.15) is 0 Å². The van der Waals surface area contributed by atoms with Crippen LogP contribution in [-0.4, -0.2) is 0 Å². The van der Waals surface area contributed by atoms with Crippen LogP contribution in [-0.2, 0) is 0 Å². The molecule has 1 rings (SSSR count). The molecule has 1 aliphatic heterocycles. The highest BCUT2D eigenvalue weighted by atomic mass is 79.9. The van der Waals surface area contributed by atoms with Crippen LogP contribution in [0.4, 0.5) is 0 Å². The molecule has 0 aromatic carbocycles. The van der Waals surface area contributed by atoms with Gasteiger partial charge in [-0.2, -0.15) is 9.33 Å². The SMILES string of the molecule is [CH2]C1=CC(Br)=C[SH]1Br. The van der Waals surface area contributed by atoms with E-state index < -0.39 is 0 Å². The fourth-order valence-electron chi connectivity index (χ4n) is 0.449. The average molecular weight is 257 g/mol. The summed E-state index contributed by atoms with van der Waals surface area (Å²) in [5, 5.41) is 2.12. The summed E-state index contributed by atoms with van der Waals surface area (Å²) in [4.78, 5) is 1.17. The predicted molar refractivity (Wildman–Crippen MR) is 48.4 cm³/mol. The predicted octanol–water partition coefficient (Wildman–Crippen LogP) is 3.27. The van der Waals surface area contributed by atoms with Gasteiger partial charge in [-0.15, -0.1) is 0 Å². The smallest absolute Gasteiger partial charge is 0.0239 e. The molecule has 0 saturated heterocycles. The van der Waals surface area contributed by atoms with Crippen LogP contribution >= 0.6 is 40.1 Å². The van der Waals surface area contributed by atoms with Crippen LogP contribution < -0.4 is 0 Å². The van der Waals surface area contributed by atoms with Crippen molar-refractivity contribution in [1.29, 1.82) is 0 Å². The van der Waals surface area contributed by atoms with Crippen LogP contribution in [0.2, 0.25) is 0 Å². The fourth-order valence-corrected chi connectivity index (χ4v) is 4.03. The molecule has 0 amide bonds. The summed E-state index contributed by atoms with van der Waals surface area (Å²) in [6.07, 6.45) is 2.03. The van der Waals surface area contributed by atoms with Gasteiger partial charge in [0.15, 0.2) is 0 Å². The number of rotatable bonds is 0. The maximum Gasteiger partial charge on any atom is 0.0239 e. The molecule has 1 radical (unpaired) electrons. The Morgan fingerprint density at radius 3 is 2.38 bits per heavy atom. The second kappa shape index (κ2) is 2.58. The van der Waals surface area contributed by atoms with Crippen molar-refractivity contribution in [2.45, 2.75) is 0 Å². The van der Waals surface area contributed by atoms with Gasteiger partial charge < -0.3 is 0 Å². The van der Waals surface area contributed by atoms with Crippen molar-refractivity contribution in [2.24, 2.45) is 0 Å². The third-order valence-corrected chi connectivity index (χ3v) is 4.79. The van der Waals surface area contributed by atoms with Crippen LogP contribution in [0.25, 0.3) is 0 Å². The first-order chi connectivity index (χ1) is 3.70. The molecule has 0 aromatic heterocycles. The minimum Gasteiger partial charge on any atom is -0.150 e. The van der Waals surface area contributed by atoms with Crippen molar-refractivity contribution >= 4 is 40.1 Å². The molecule has 0 fully saturated rings. The highest BCUT2D eigenvalue weighted by Crippen LogP contribution is 2.50. The van der Waals surface area contributed by atoms with Gasteiger partial charge in [0, 0.05) is 4.48 Å². The third kappa shape index (κ3) is 1.39. The minimum atomic E-state index is -0.212. The zero-order valence-corrected chi connectivity index (χ0v) is 8.13. The molecule has 8 heavy (non-hydrogen) atoms. The summed E-state index contributed by atoms with van der Waals surface area (Å²) in [6.45, 7) is 3.83. The van der Waals surface area contributed by atoms with Crippen LogP contribution in [0.15, 0.2) is 20.9 Å². The van der Waals surface area contributed by atoms with Gasteiger partial charge >= 0.3 is 0 Å². The van der Waals surface area contributed by atoms with Gasteiger partial charge in [0.05, 0.1) is 0 Å². The number of halogens is 2. The summed E-state index contributed by atoms with van der Waals surface area (Å²) in [5.41, 5.74) is 0. The number of hydrogen-bond donors (Lipinski definition) is 1. The van der Waals surface area contributed by atoms with Crippen molar-refractivity contribution in [3.63, 3.8) is 0 Å². The largest absolute Gasteiger partial charge is 0.150 e. The highest BCUT2D eigenvalue weighted by molar-refractivity contribution is 9.55. The van der Waals surface area contributed by atoms with Crippen molar-refractivity contribution in [2.75, 3.05) is 0 Å². The maximum atomic E-state index is 3.83. The lowest BCUT2D eigenvalue weighted by Gasteiger charge is -1.99. The summed E-state index contributed by atoms with van der Waals surface area (Å²) in [7, 11) is -0.212. The fraction of sp³-hybridized carbons (Fsp3) is 0. The Labute approximate surface area is 67.7 Å². The highest BCUT2D eigenvalue weighted by Gasteiger charge is 2.05. The van der Waals surface area contributed by atoms with E-state index in [0.717, 1.165) is 4.48 Å². The van der Waals surface area contributed by atoms with E-state index in [2.05, 4.69) is 43.1 Å². The van der Waals surface area contributed by atoms with E-state index in [9.17, 15) is 0 Å². The first kappa shape index (κ1) is 6.90. The molecule has 0 aromatic rings. The standard InChI is InChI=1S/C5H5Br2S/c1-4-2-5(6)3-8(4)7/h2-3,8H,1H2. The topological polar surface area (TPSA) is 0 Å². The number of hydrogen-bond acceptors (Lipinski definition) is 0. The third-order valence-electron chi connectivity index (χ3n) is 0.816. The van der Waals surface area contributed by atoms with Gasteiger partial charge in [0.1, 0.15) is 0 Å². The summed E-state index contributed by atoms with van der Waals surface area (Å²) >= 11 is 6.82. The second-order valence-corrected chi connectivity index (χ2v) is 6.12. The van der Waals surface area contributed by atoms with Gasteiger partial charge in [-0.25, -0.2) is 0 Å². The van der Waals surface area contributed by atoms with E-state index in [1.54, 1.807) is 0 Å². The Kier molecular flexibility index (Phi) is 2.23. The quantitative estimate of drug-likeness (QED) is 0.632. The van der Waals surface area contributed by atoms with Gasteiger partial charge in [0.2, 0.25) is 0 Å². The monoisotopic (exact) mass is 255 g/mol. The van der Waals surface area contributed by atoms with E-state index >= 15 is 0 Å². The first-order valence-corrected chi connectivity index (χ1v) is 6.28. The molecule has 0 N–H and O–H groups in total. The van der Waals surface area contributed by atoms with Crippen LogP contribution in [0.3, 0.4) is 0 Å². The van der Waals surface area contributed by atoms with Gasteiger partial charge in [-0.3, -0.25) is 0 Å². The van der Waals surface area contributed by atoms with Crippen molar-refractivity contribution in [3.8, 4) is 0 Å². The lowest BCUT2D eigenvalue weighted by molar-refractivity contribution is 1.94. The summed E-state index contributed by atoms with van der Waals surface area (Å²) < 4.78 is 1.14. The van der Waals surface area contributed by atoms with Crippen molar-refractivity contribution in [1.82, 2.24) is 0 Å². The molecular formula is C5H5Br2S. The average Bonchev–Trinajstić information content (AvgIpc) is 1.85. The molecule has 0 nitrogen and oxygen atoms in total. The van der Waals surface area contributed by atoms with E-state index in [1.807, 2.05) is 6.08 Å². The number of thiol groups is 1. The Bertz CT molecular complexity index is 160. The van der Waals surface area contributed by atoms with Gasteiger partial charge in [-0.05, 0) is 38.1 Å². The lowest BCUT2D eigenvalue weighted by atomic mass is 10.5. The van der Waals surface area contributed by atoms with Crippen molar-refractivity contribution in [3.05, 3.63) is 27.8 Å². The van der Waals surface area contributed by atoms with E-state index in [1.165, 1.54) is 4.91 Å². The van der Waals surface area contributed by atoms with E-state index in [4.69, 9.17) is 0 Å². The molecular weight excluding hydrogens is 252 g/mol. The molecule has 3 heteroatoms. The zero-order chi connectivity index (χ0) is 6.15. The molecule has 0 aliphatic carbocycles. The molecule has 1 unspecified atom stereocenters. The minimum absolute atomic E-state index is 0.212. The Hall–Kier alpha value is 0.790. The van der Waals surface area contributed by atoms with E-state index in [0.29, 0.717) is 0 Å². The maximum absolute atomic E-state index is 3.83. The van der Waals surface area contributed by atoms with Gasteiger partial charge in [0.25, 0.3) is 0 Å². The van der Waals surface area contributed by atoms with Crippen molar-refractivity contribution < 1.29 is 0 Å². The Morgan fingerprint density at radius 2 is 2.25 bits per heavy atom. The number of allylic oxidation sites excluding steroid dienone is 3. The Morgan fingerprint density at radius 1 is 1.62 bits per heavy atom. The van der Waals surface area contributed by atoms with Crippen LogP contribution in [0, 0.1) is 6.92 Å². The van der Waals surface area contributed by atoms with E-state index in [-0.39, 0.29) is 9.33 Å². The normalized spacial score (nSPS) is 32.1. The second-order valence-electron chi connectivity index (χ2n) is 1.46. The summed E-state index contributed by atoms with van der Waals surface area (Å²) in [5.74, 6) is 0. The molecule has 45 valence electrons. The Balaban J connectivity index is 2.78. The molecule has 1 atom stereocenters.